The Balaban J connectivity index is 1.51. The third-order valence-electron chi connectivity index (χ3n) is 8.42. The van der Waals surface area contributed by atoms with Gasteiger partial charge in [0.05, 0.1) is 30.9 Å². The monoisotopic (exact) mass is 699 g/mol. The number of methoxy groups -OCH3 is 2. The molecule has 3 atom stereocenters. The highest BCUT2D eigenvalue weighted by atomic mass is 35.5. The number of nitrogens with one attached hydrogen (secondary N) is 2. The maximum Gasteiger partial charge on any atom is 0.270 e. The highest BCUT2D eigenvalue weighted by Gasteiger charge is 2.45. The van der Waals surface area contributed by atoms with E-state index < -0.39 is 35.2 Å². The Morgan fingerprint density at radius 3 is 2.65 bits per heavy atom. The molecule has 3 unspecified atom stereocenters. The average molecular weight is 701 g/mol. The lowest BCUT2D eigenvalue weighted by Crippen LogP contribution is -2.62. The van der Waals surface area contributed by atoms with E-state index in [1.54, 1.807) is 50.6 Å². The van der Waals surface area contributed by atoms with Crippen molar-refractivity contribution in [3.8, 4) is 5.88 Å². The van der Waals surface area contributed by atoms with Crippen LogP contribution in [-0.2, 0) is 30.0 Å². The number of aromatic nitrogens is 2. The van der Waals surface area contributed by atoms with E-state index in [-0.39, 0.29) is 25.4 Å². The third kappa shape index (κ3) is 7.73. The summed E-state index contributed by atoms with van der Waals surface area (Å²) in [7, 11) is 3.07. The van der Waals surface area contributed by atoms with Gasteiger partial charge < -0.3 is 30.3 Å². The Kier molecular flexibility index (Phi) is 11.5. The van der Waals surface area contributed by atoms with Crippen molar-refractivity contribution in [1.29, 1.82) is 0 Å². The molecule has 0 bridgehead atoms. The van der Waals surface area contributed by atoms with E-state index in [0.29, 0.717) is 47.4 Å². The standard InChI is InChI=1S/C35H40Cl2FN5O5/c1-22(44)14-39-15-25-16-40-29(13-24(25)18-47-2)32(45)42-35(12-6-8-27(31(35)37)26-7-4-5-9-28(26)36)30-11-10-23(33(41-30)48-3)17-43-20-34(46,19-38)21-43/h4-13,16,22,31,39,44,46H,14-15,17-21H2,1-3H3,(H,42,45). The summed E-state index contributed by atoms with van der Waals surface area (Å²) in [6, 6.07) is 12.6. The number of benzene rings is 1. The Morgan fingerprint density at radius 2 is 1.96 bits per heavy atom. The smallest absolute Gasteiger partial charge is 0.270 e. The molecule has 3 aromatic rings. The van der Waals surface area contributed by atoms with E-state index >= 15 is 0 Å². The van der Waals surface area contributed by atoms with E-state index in [9.17, 15) is 19.4 Å². The second-order valence-corrected chi connectivity index (χ2v) is 13.1. The fraction of sp³-hybridized carbons (Fsp3) is 0.400. The molecule has 256 valence electrons. The Labute approximate surface area is 289 Å². The number of likely N-dealkylation sites (tertiary alicyclic amines) is 1. The number of pyridine rings is 2. The molecule has 1 amide bonds. The molecule has 48 heavy (non-hydrogen) atoms. The van der Waals surface area contributed by atoms with Crippen LogP contribution in [-0.4, -0.2) is 88.6 Å². The first kappa shape index (κ1) is 35.9. The zero-order valence-electron chi connectivity index (χ0n) is 27.1. The van der Waals surface area contributed by atoms with E-state index in [2.05, 4.69) is 15.6 Å². The van der Waals surface area contributed by atoms with E-state index in [1.807, 2.05) is 35.2 Å². The zero-order valence-corrected chi connectivity index (χ0v) is 28.6. The number of amides is 1. The van der Waals surface area contributed by atoms with Gasteiger partial charge in [0, 0.05) is 56.6 Å². The van der Waals surface area contributed by atoms with E-state index in [4.69, 9.17) is 37.7 Å². The second-order valence-electron chi connectivity index (χ2n) is 12.3. The van der Waals surface area contributed by atoms with Crippen molar-refractivity contribution in [2.24, 2.45) is 0 Å². The van der Waals surface area contributed by atoms with Gasteiger partial charge in [-0.05, 0) is 47.4 Å². The molecule has 2 aromatic heterocycles. The van der Waals surface area contributed by atoms with Crippen LogP contribution in [0.3, 0.4) is 0 Å². The van der Waals surface area contributed by atoms with Crippen LogP contribution in [0.15, 0.2) is 66.9 Å². The van der Waals surface area contributed by atoms with Crippen molar-refractivity contribution in [2.75, 3.05) is 40.5 Å². The molecule has 1 aromatic carbocycles. The van der Waals surface area contributed by atoms with Gasteiger partial charge in [-0.25, -0.2) is 9.37 Å². The number of aliphatic hydroxyl groups excluding tert-OH is 1. The molecule has 13 heteroatoms. The van der Waals surface area contributed by atoms with Crippen molar-refractivity contribution >= 4 is 34.7 Å². The van der Waals surface area contributed by atoms with Gasteiger partial charge >= 0.3 is 0 Å². The first-order valence-electron chi connectivity index (χ1n) is 15.5. The number of rotatable bonds is 14. The second kappa shape index (κ2) is 15.4. The van der Waals surface area contributed by atoms with Gasteiger partial charge in [-0.3, -0.25) is 14.7 Å². The number of halogens is 3. The lowest BCUT2D eigenvalue weighted by Gasteiger charge is -2.45. The number of ether oxygens (including phenoxy) is 2. The molecule has 0 radical (unpaired) electrons. The summed E-state index contributed by atoms with van der Waals surface area (Å²) in [5, 5.41) is 25.7. The van der Waals surface area contributed by atoms with Crippen LogP contribution in [0.25, 0.3) is 5.57 Å². The van der Waals surface area contributed by atoms with Gasteiger partial charge in [0.1, 0.15) is 23.5 Å². The highest BCUT2D eigenvalue weighted by Crippen LogP contribution is 2.43. The Bertz CT molecular complexity index is 1680. The molecule has 2 aliphatic rings. The molecule has 0 saturated carbocycles. The zero-order chi connectivity index (χ0) is 34.5. The molecule has 3 heterocycles. The normalized spacial score (nSPS) is 20.9. The SMILES string of the molecule is COCc1cc(C(=O)NC2(c3ccc(CN4CC(O)(CF)C4)c(OC)n3)C=CC=C(c3ccccc3Cl)C2Cl)ncc1CNCC(C)O. The first-order chi connectivity index (χ1) is 23.0. The molecule has 0 spiro atoms. The lowest BCUT2D eigenvalue weighted by molar-refractivity contribution is -0.113. The molecule has 1 saturated heterocycles. The molecule has 10 nitrogen and oxygen atoms in total. The number of allylic oxidation sites excluding steroid dienone is 2. The first-order valence-corrected chi connectivity index (χ1v) is 16.4. The number of β-amino-alcohol motifs (C(OH)–C–C–N with tert-alkyl or cyclic N) is 1. The fourth-order valence-corrected chi connectivity index (χ4v) is 6.68. The molecular formula is C35H40Cl2FN5O5. The molecule has 1 aliphatic heterocycles. The molecule has 4 N–H and O–H groups in total. The third-order valence-corrected chi connectivity index (χ3v) is 9.33. The van der Waals surface area contributed by atoms with Crippen LogP contribution in [0, 0.1) is 0 Å². The van der Waals surface area contributed by atoms with Crippen molar-refractivity contribution in [2.45, 2.75) is 49.2 Å². The van der Waals surface area contributed by atoms with Gasteiger partial charge in [-0.15, -0.1) is 11.6 Å². The van der Waals surface area contributed by atoms with Crippen molar-refractivity contribution in [1.82, 2.24) is 25.5 Å². The van der Waals surface area contributed by atoms with Crippen LogP contribution < -0.4 is 15.4 Å². The Morgan fingerprint density at radius 1 is 1.19 bits per heavy atom. The highest BCUT2D eigenvalue weighted by molar-refractivity contribution is 6.34. The van der Waals surface area contributed by atoms with Gasteiger partial charge in [0.2, 0.25) is 5.88 Å². The molecular weight excluding hydrogens is 660 g/mol. The minimum atomic E-state index is -1.38. The number of carbonyl (C=O) groups excluding carboxylic acids is 1. The molecule has 1 aliphatic carbocycles. The molecule has 5 rings (SSSR count). The summed E-state index contributed by atoms with van der Waals surface area (Å²) in [5.74, 6) is -0.194. The predicted molar refractivity (Wildman–Crippen MR) is 183 cm³/mol. The maximum absolute atomic E-state index is 14.1. The van der Waals surface area contributed by atoms with Crippen molar-refractivity contribution in [3.05, 3.63) is 106 Å². The van der Waals surface area contributed by atoms with Gasteiger partial charge in [-0.1, -0.05) is 54.1 Å². The van der Waals surface area contributed by atoms with Gasteiger partial charge in [0.25, 0.3) is 5.91 Å². The number of nitrogens with zero attached hydrogens (tertiary/aromatic N) is 3. The summed E-state index contributed by atoms with van der Waals surface area (Å²) in [6.07, 6.45) is 6.55. The summed E-state index contributed by atoms with van der Waals surface area (Å²) >= 11 is 14.0. The summed E-state index contributed by atoms with van der Waals surface area (Å²) in [4.78, 5) is 25.3. The minimum absolute atomic E-state index is 0.147. The van der Waals surface area contributed by atoms with Gasteiger partial charge in [-0.2, -0.15) is 0 Å². The quantitative estimate of drug-likeness (QED) is 0.183. The minimum Gasteiger partial charge on any atom is -0.481 e. The van der Waals surface area contributed by atoms with Gasteiger partial charge in [0.15, 0.2) is 0 Å². The maximum atomic E-state index is 14.1. The number of hydrogen-bond donors (Lipinski definition) is 4. The Hall–Kier alpha value is -3.42. The number of carbonyl (C=O) groups is 1. The van der Waals surface area contributed by atoms with Crippen LogP contribution in [0.2, 0.25) is 5.02 Å². The average Bonchev–Trinajstić information content (AvgIpc) is 3.06. The van der Waals surface area contributed by atoms with Crippen LogP contribution in [0.4, 0.5) is 4.39 Å². The summed E-state index contributed by atoms with van der Waals surface area (Å²) < 4.78 is 24.3. The van der Waals surface area contributed by atoms with Crippen LogP contribution in [0.1, 0.15) is 45.4 Å². The van der Waals surface area contributed by atoms with E-state index in [1.165, 1.54) is 7.11 Å². The largest absolute Gasteiger partial charge is 0.481 e. The van der Waals surface area contributed by atoms with Crippen LogP contribution in [0.5, 0.6) is 5.88 Å². The summed E-state index contributed by atoms with van der Waals surface area (Å²) in [6.45, 7) is 2.73. The topological polar surface area (TPSA) is 129 Å². The number of aliphatic hydroxyl groups is 2. The predicted octanol–water partition coefficient (Wildman–Crippen LogP) is 4.16. The molecule has 1 fully saturated rings. The number of hydrogen-bond acceptors (Lipinski definition) is 9. The number of alkyl halides is 2. The summed E-state index contributed by atoms with van der Waals surface area (Å²) in [5.41, 5.74) is 1.54. The van der Waals surface area contributed by atoms with Crippen LogP contribution >= 0.6 is 23.2 Å². The lowest BCUT2D eigenvalue weighted by atomic mass is 9.80. The van der Waals surface area contributed by atoms with E-state index in [0.717, 1.165) is 16.7 Å². The van der Waals surface area contributed by atoms with Crippen molar-refractivity contribution in [3.63, 3.8) is 0 Å². The van der Waals surface area contributed by atoms with Crippen molar-refractivity contribution < 1.29 is 28.9 Å². The fourth-order valence-electron chi connectivity index (χ4n) is 6.01.